The molecule has 0 aromatic carbocycles. The molecule has 0 bridgehead atoms. The van der Waals surface area contributed by atoms with Gasteiger partial charge in [0.15, 0.2) is 0 Å². The third-order valence-electron chi connectivity index (χ3n) is 0.0786. The van der Waals surface area contributed by atoms with Crippen LogP contribution in [0.25, 0.3) is 0 Å². The first-order valence-electron chi connectivity index (χ1n) is 0.736. The van der Waals surface area contributed by atoms with Gasteiger partial charge in [-0.05, 0) is 0 Å². The summed E-state index contributed by atoms with van der Waals surface area (Å²) >= 11 is 0. The molecule has 0 radical (unpaired) electrons. The van der Waals surface area contributed by atoms with E-state index in [-0.39, 0.29) is 0 Å². The van der Waals surface area contributed by atoms with Crippen LogP contribution < -0.4 is 5.14 Å². The highest BCUT2D eigenvalue weighted by Gasteiger charge is 1.73. The van der Waals surface area contributed by atoms with Gasteiger partial charge in [0.05, 0.1) is 0 Å². The molecule has 0 aromatic rings. The Labute approximate surface area is 34.1 Å². The highest BCUT2D eigenvalue weighted by molar-refractivity contribution is 8.22. The molecule has 0 atom stereocenters. The molecule has 5 heavy (non-hydrogen) atoms. The smallest absolute Gasteiger partial charge is 0.127 e. The van der Waals surface area contributed by atoms with Crippen LogP contribution in [0.5, 0.6) is 0 Å². The van der Waals surface area contributed by atoms with Gasteiger partial charge in [0, 0.05) is 0 Å². The Balaban J connectivity index is 4.25. The summed E-state index contributed by atoms with van der Waals surface area (Å²) in [6.45, 7) is 0. The van der Waals surface area contributed by atoms with Crippen molar-refractivity contribution in [3.8, 4) is 0 Å². The van der Waals surface area contributed by atoms with Crippen molar-refractivity contribution in [2.45, 2.75) is 0 Å². The fourth-order valence-corrected chi connectivity index (χ4v) is 0. The quantitative estimate of drug-likeness (QED) is 0.314. The largest absolute Gasteiger partial charge is 0.498 e. The van der Waals surface area contributed by atoms with Gasteiger partial charge in [-0.3, -0.25) is 0 Å². The number of hydrogen-bond donors (Lipinski definition) is 1. The molecule has 0 saturated carbocycles. The molecular weight excluding hydrogens is 110 g/mol. The van der Waals surface area contributed by atoms with Crippen LogP contribution in [0.1, 0.15) is 0 Å². The van der Waals surface area contributed by atoms with Gasteiger partial charge < -0.3 is 0 Å². The van der Waals surface area contributed by atoms with Crippen LogP contribution in [-0.2, 0) is 19.8 Å². The first-order chi connectivity index (χ1) is 2.27. The molecule has 0 aliphatic heterocycles. The Bertz CT molecular complexity index is 111. The molecule has 0 aliphatic rings. The minimum atomic E-state index is -2.13. The maximum Gasteiger partial charge on any atom is 0.498 e. The summed E-state index contributed by atoms with van der Waals surface area (Å²) in [6, 6.07) is 0. The summed E-state index contributed by atoms with van der Waals surface area (Å²) in [7, 11) is -1.83. The zero-order chi connectivity index (χ0) is 4.28. The highest BCUT2D eigenvalue weighted by atomic mass is 32.8. The summed E-state index contributed by atoms with van der Waals surface area (Å²) in [4.78, 5) is 0. The number of hydrogen-bond acceptors (Lipinski definition) is 2. The zero-order valence-corrected chi connectivity index (χ0v) is 3.84. The topological polar surface area (TPSA) is 60.2 Å². The summed E-state index contributed by atoms with van der Waals surface area (Å²) < 4.78 is 18.4. The lowest BCUT2D eigenvalue weighted by Crippen LogP contribution is -1.78. The average molecular weight is 112 g/mol. The second kappa shape index (κ2) is 2.25. The summed E-state index contributed by atoms with van der Waals surface area (Å²) in [5.41, 5.74) is 0. The van der Waals surface area contributed by atoms with Crippen molar-refractivity contribution >= 4 is 19.8 Å². The number of nitrogens with two attached hydrogens (primary N) is 1. The Morgan fingerprint density at radius 1 is 1.60 bits per heavy atom. The second-order valence-corrected chi connectivity index (χ2v) is 2.29. The average Bonchev–Trinajstić information content (AvgIpc) is 1.38. The summed E-state index contributed by atoms with van der Waals surface area (Å²) in [5.74, 6) is 0. The number of rotatable bonds is 0. The van der Waals surface area contributed by atoms with E-state index in [1.54, 1.807) is 0 Å². The molecule has 0 rings (SSSR count). The molecule has 0 heterocycles. The predicted octanol–water partition coefficient (Wildman–Crippen LogP) is -1.26. The summed E-state index contributed by atoms with van der Waals surface area (Å²) in [5, 5.41) is 4.48. The van der Waals surface area contributed by atoms with Crippen LogP contribution in [0, 0.1) is 0 Å². The van der Waals surface area contributed by atoms with Crippen LogP contribution in [0.2, 0.25) is 0 Å². The molecule has 0 spiro atoms. The van der Waals surface area contributed by atoms with Crippen LogP contribution in [0.15, 0.2) is 0 Å². The summed E-state index contributed by atoms with van der Waals surface area (Å²) in [6.07, 6.45) is 0. The standard InChI is InChI=1S/H2NO2S2/c1-4-5(2)3/h1H2/q+1. The van der Waals surface area contributed by atoms with Gasteiger partial charge in [-0.1, -0.05) is 5.14 Å². The lowest BCUT2D eigenvalue weighted by atomic mass is 14.0. The van der Waals surface area contributed by atoms with Gasteiger partial charge in [0.2, 0.25) is 0 Å². The zero-order valence-electron chi connectivity index (χ0n) is 2.21. The maximum absolute atomic E-state index is 9.21. The van der Waals surface area contributed by atoms with E-state index in [0.29, 0.717) is 10.5 Å². The molecule has 2 N–H and O–H groups in total. The normalized spacial score (nSPS) is 6.60. The van der Waals surface area contributed by atoms with Gasteiger partial charge in [-0.25, -0.2) is 0 Å². The van der Waals surface area contributed by atoms with Gasteiger partial charge >= 0.3 is 19.8 Å². The molecule has 0 fully saturated rings. The molecule has 0 unspecified atom stereocenters. The van der Waals surface area contributed by atoms with E-state index in [0.717, 1.165) is 0 Å². The second-order valence-electron chi connectivity index (χ2n) is 0.300. The molecular formula is H2NO2S2+. The van der Waals surface area contributed by atoms with Crippen molar-refractivity contribution in [2.24, 2.45) is 5.14 Å². The lowest BCUT2D eigenvalue weighted by molar-refractivity contribution is 0.628. The van der Waals surface area contributed by atoms with Crippen LogP contribution >= 0.6 is 0 Å². The van der Waals surface area contributed by atoms with E-state index >= 15 is 0 Å². The van der Waals surface area contributed by atoms with E-state index in [1.807, 2.05) is 0 Å². The van der Waals surface area contributed by atoms with Crippen LogP contribution in [0.4, 0.5) is 0 Å². The van der Waals surface area contributed by atoms with E-state index in [4.69, 9.17) is 0 Å². The Kier molecular flexibility index (Phi) is 2.25. The van der Waals surface area contributed by atoms with Crippen molar-refractivity contribution in [3.05, 3.63) is 0 Å². The Morgan fingerprint density at radius 2 is 1.80 bits per heavy atom. The fourth-order valence-electron chi connectivity index (χ4n) is 0. The molecule has 0 saturated heterocycles. The fraction of sp³-hybridized carbons (Fsp3) is 0. The monoisotopic (exact) mass is 112 g/mol. The minimum Gasteiger partial charge on any atom is -0.127 e. The van der Waals surface area contributed by atoms with E-state index in [1.165, 1.54) is 0 Å². The van der Waals surface area contributed by atoms with Gasteiger partial charge in [0.1, 0.15) is 0 Å². The Hall–Kier alpha value is 0. The molecule has 5 heteroatoms. The SMILES string of the molecule is N[S+]=S(=O)=O. The molecule has 0 aromatic heterocycles. The van der Waals surface area contributed by atoms with Gasteiger partial charge in [-0.15, -0.1) is 8.42 Å². The third-order valence-corrected chi connectivity index (χ3v) is 0.707. The molecule has 0 amide bonds. The molecule has 30 valence electrons. The van der Waals surface area contributed by atoms with E-state index in [9.17, 15) is 8.42 Å². The molecule has 3 nitrogen and oxygen atoms in total. The van der Waals surface area contributed by atoms with Crippen molar-refractivity contribution in [2.75, 3.05) is 0 Å². The maximum atomic E-state index is 9.21. The van der Waals surface area contributed by atoms with Gasteiger partial charge in [-0.2, -0.15) is 0 Å². The van der Waals surface area contributed by atoms with Crippen LogP contribution in [0.3, 0.4) is 0 Å². The molecule has 0 aliphatic carbocycles. The lowest BCUT2D eigenvalue weighted by Gasteiger charge is -1.17. The first-order valence-corrected chi connectivity index (χ1v) is 3.21. The van der Waals surface area contributed by atoms with E-state index < -0.39 is 9.26 Å². The van der Waals surface area contributed by atoms with Crippen LogP contribution in [-0.4, -0.2) is 8.42 Å². The van der Waals surface area contributed by atoms with Crippen molar-refractivity contribution in [1.82, 2.24) is 0 Å². The van der Waals surface area contributed by atoms with E-state index in [2.05, 4.69) is 5.14 Å². The van der Waals surface area contributed by atoms with Crippen molar-refractivity contribution < 1.29 is 8.42 Å². The highest BCUT2D eigenvalue weighted by Crippen LogP contribution is 1.25. The third kappa shape index (κ3) is 4.00. The first kappa shape index (κ1) is 5.00. The minimum absolute atomic E-state index is 0.296. The predicted molar refractivity (Wildman–Crippen MR) is 20.5 cm³/mol. The van der Waals surface area contributed by atoms with Crippen molar-refractivity contribution in [3.63, 3.8) is 0 Å². The van der Waals surface area contributed by atoms with Crippen molar-refractivity contribution in [1.29, 1.82) is 0 Å². The Morgan fingerprint density at radius 3 is 1.80 bits per heavy atom. The van der Waals surface area contributed by atoms with Gasteiger partial charge in [0.25, 0.3) is 0 Å².